The average Bonchev–Trinajstić information content (AvgIpc) is 3.24. The molecule has 0 N–H and O–H groups in total. The standard InChI is InChI=1S/C18H20F3N3O/c19-18(20,21)14-3-4-16(22-11-14)23-5-7-24(8-6-23)17(25)15-10-12-1-2-13(15)9-12/h1-4,11-13,15H,5-10H2. The molecule has 4 nitrogen and oxygen atoms in total. The van der Waals surface area contributed by atoms with Crippen LogP contribution in [0.4, 0.5) is 19.0 Å². The summed E-state index contributed by atoms with van der Waals surface area (Å²) >= 11 is 0. The zero-order valence-electron chi connectivity index (χ0n) is 13.7. The first-order chi connectivity index (χ1) is 11.9. The summed E-state index contributed by atoms with van der Waals surface area (Å²) < 4.78 is 37.8. The third-order valence-corrected chi connectivity index (χ3v) is 5.59. The number of fused-ring (bicyclic) bond motifs is 2. The number of aromatic nitrogens is 1. The van der Waals surface area contributed by atoms with Gasteiger partial charge in [-0.05, 0) is 36.8 Å². The first-order valence-electron chi connectivity index (χ1n) is 8.67. The van der Waals surface area contributed by atoms with Crippen LogP contribution in [0.25, 0.3) is 0 Å². The number of allylic oxidation sites excluding steroid dienone is 2. The number of carbonyl (C=O) groups excluding carboxylic acids is 1. The van der Waals surface area contributed by atoms with Gasteiger partial charge in [0.25, 0.3) is 0 Å². The van der Waals surface area contributed by atoms with Crippen molar-refractivity contribution in [1.82, 2.24) is 9.88 Å². The molecule has 25 heavy (non-hydrogen) atoms. The molecule has 1 aliphatic heterocycles. The fourth-order valence-electron chi connectivity index (χ4n) is 4.20. The zero-order valence-corrected chi connectivity index (χ0v) is 13.7. The van der Waals surface area contributed by atoms with Gasteiger partial charge in [-0.3, -0.25) is 4.79 Å². The highest BCUT2D eigenvalue weighted by Gasteiger charge is 2.42. The van der Waals surface area contributed by atoms with Gasteiger partial charge in [-0.1, -0.05) is 12.2 Å². The fraction of sp³-hybridized carbons (Fsp3) is 0.556. The normalized spacial score (nSPS) is 28.7. The maximum atomic E-state index is 12.7. The SMILES string of the molecule is O=C(C1CC2C=CC1C2)N1CCN(c2ccc(C(F)(F)F)cn2)CC1. The molecule has 3 atom stereocenters. The first kappa shape index (κ1) is 16.4. The molecule has 0 aromatic carbocycles. The van der Waals surface area contributed by atoms with Gasteiger partial charge in [0.15, 0.2) is 0 Å². The molecule has 7 heteroatoms. The van der Waals surface area contributed by atoms with Crippen LogP contribution >= 0.6 is 0 Å². The number of hydrogen-bond donors (Lipinski definition) is 0. The van der Waals surface area contributed by atoms with E-state index in [4.69, 9.17) is 0 Å². The zero-order chi connectivity index (χ0) is 17.6. The van der Waals surface area contributed by atoms with E-state index in [9.17, 15) is 18.0 Å². The molecule has 0 spiro atoms. The van der Waals surface area contributed by atoms with Gasteiger partial charge < -0.3 is 9.80 Å². The number of amides is 1. The molecule has 1 aromatic rings. The van der Waals surface area contributed by atoms with Crippen LogP contribution in [0.5, 0.6) is 0 Å². The van der Waals surface area contributed by atoms with E-state index in [0.29, 0.717) is 43.8 Å². The number of carbonyl (C=O) groups is 1. The predicted octanol–water partition coefficient (Wildman–Crippen LogP) is 2.96. The molecular weight excluding hydrogens is 331 g/mol. The number of rotatable bonds is 2. The van der Waals surface area contributed by atoms with Crippen molar-refractivity contribution in [2.75, 3.05) is 31.1 Å². The number of pyridine rings is 1. The fourth-order valence-corrected chi connectivity index (χ4v) is 4.20. The van der Waals surface area contributed by atoms with Gasteiger partial charge in [0, 0.05) is 38.3 Å². The van der Waals surface area contributed by atoms with Crippen molar-refractivity contribution in [1.29, 1.82) is 0 Å². The van der Waals surface area contributed by atoms with E-state index in [1.807, 2.05) is 9.80 Å². The summed E-state index contributed by atoms with van der Waals surface area (Å²) in [4.78, 5) is 20.5. The Morgan fingerprint density at radius 2 is 1.84 bits per heavy atom. The summed E-state index contributed by atoms with van der Waals surface area (Å²) in [6.07, 6.45) is 2.97. The Morgan fingerprint density at radius 3 is 2.36 bits per heavy atom. The van der Waals surface area contributed by atoms with Gasteiger partial charge >= 0.3 is 6.18 Å². The Bertz CT molecular complexity index is 678. The number of piperazine rings is 1. The van der Waals surface area contributed by atoms with Gasteiger partial charge in [0.2, 0.25) is 5.91 Å². The molecule has 1 saturated heterocycles. The molecule has 0 radical (unpaired) electrons. The van der Waals surface area contributed by atoms with E-state index in [-0.39, 0.29) is 11.8 Å². The van der Waals surface area contributed by atoms with E-state index in [2.05, 4.69) is 17.1 Å². The molecule has 1 aromatic heterocycles. The van der Waals surface area contributed by atoms with E-state index in [1.54, 1.807) is 0 Å². The van der Waals surface area contributed by atoms with Crippen LogP contribution in [-0.4, -0.2) is 42.0 Å². The van der Waals surface area contributed by atoms with E-state index >= 15 is 0 Å². The lowest BCUT2D eigenvalue weighted by Crippen LogP contribution is -2.51. The van der Waals surface area contributed by atoms with Crippen molar-refractivity contribution >= 4 is 11.7 Å². The summed E-state index contributed by atoms with van der Waals surface area (Å²) in [5.41, 5.74) is -0.741. The quantitative estimate of drug-likeness (QED) is 0.769. The summed E-state index contributed by atoms with van der Waals surface area (Å²) in [6, 6.07) is 2.46. The van der Waals surface area contributed by atoms with E-state index in [0.717, 1.165) is 25.1 Å². The van der Waals surface area contributed by atoms with Gasteiger partial charge in [0.05, 0.1) is 5.56 Å². The van der Waals surface area contributed by atoms with Crippen LogP contribution in [0, 0.1) is 17.8 Å². The Kier molecular flexibility index (Phi) is 3.96. The highest BCUT2D eigenvalue weighted by atomic mass is 19.4. The topological polar surface area (TPSA) is 36.4 Å². The monoisotopic (exact) mass is 351 g/mol. The third kappa shape index (κ3) is 3.12. The minimum absolute atomic E-state index is 0.116. The van der Waals surface area contributed by atoms with Crippen molar-refractivity contribution in [2.45, 2.75) is 19.0 Å². The van der Waals surface area contributed by atoms with Gasteiger partial charge in [-0.2, -0.15) is 13.2 Å². The van der Waals surface area contributed by atoms with Gasteiger partial charge in [-0.25, -0.2) is 4.98 Å². The molecule has 3 aliphatic rings. The lowest BCUT2D eigenvalue weighted by atomic mass is 9.92. The van der Waals surface area contributed by atoms with Crippen LogP contribution < -0.4 is 4.90 Å². The maximum Gasteiger partial charge on any atom is 0.417 e. The second-order valence-corrected chi connectivity index (χ2v) is 7.10. The van der Waals surface area contributed by atoms with Crippen LogP contribution in [0.3, 0.4) is 0 Å². The van der Waals surface area contributed by atoms with Crippen LogP contribution in [0.15, 0.2) is 30.5 Å². The van der Waals surface area contributed by atoms with Crippen LogP contribution in [-0.2, 0) is 11.0 Å². The van der Waals surface area contributed by atoms with Crippen LogP contribution in [0.2, 0.25) is 0 Å². The molecule has 4 rings (SSSR count). The molecule has 1 saturated carbocycles. The molecule has 2 fully saturated rings. The summed E-state index contributed by atoms with van der Waals surface area (Å²) in [7, 11) is 0. The van der Waals surface area contributed by atoms with Crippen molar-refractivity contribution in [3.8, 4) is 0 Å². The summed E-state index contributed by atoms with van der Waals surface area (Å²) in [6.45, 7) is 2.39. The average molecular weight is 351 g/mol. The lowest BCUT2D eigenvalue weighted by molar-refractivity contribution is -0.138. The third-order valence-electron chi connectivity index (χ3n) is 5.59. The lowest BCUT2D eigenvalue weighted by Gasteiger charge is -2.37. The van der Waals surface area contributed by atoms with E-state index < -0.39 is 11.7 Å². The highest BCUT2D eigenvalue weighted by molar-refractivity contribution is 5.80. The number of alkyl halides is 3. The Labute approximate surface area is 144 Å². The Balaban J connectivity index is 1.35. The summed E-state index contributed by atoms with van der Waals surface area (Å²) in [5, 5.41) is 0. The number of hydrogen-bond acceptors (Lipinski definition) is 3. The van der Waals surface area contributed by atoms with Crippen LogP contribution in [0.1, 0.15) is 18.4 Å². The van der Waals surface area contributed by atoms with Crippen molar-refractivity contribution < 1.29 is 18.0 Å². The maximum absolute atomic E-state index is 12.7. The molecule has 2 heterocycles. The minimum Gasteiger partial charge on any atom is -0.353 e. The number of halogens is 3. The first-order valence-corrected chi connectivity index (χ1v) is 8.67. The highest BCUT2D eigenvalue weighted by Crippen LogP contribution is 2.44. The smallest absolute Gasteiger partial charge is 0.353 e. The molecule has 2 bridgehead atoms. The van der Waals surface area contributed by atoms with Gasteiger partial charge in [0.1, 0.15) is 5.82 Å². The predicted molar refractivity (Wildman–Crippen MR) is 86.9 cm³/mol. The molecule has 2 aliphatic carbocycles. The summed E-state index contributed by atoms with van der Waals surface area (Å²) in [5.74, 6) is 1.84. The molecule has 134 valence electrons. The minimum atomic E-state index is -4.37. The second-order valence-electron chi connectivity index (χ2n) is 7.10. The molecule has 1 amide bonds. The van der Waals surface area contributed by atoms with Crippen molar-refractivity contribution in [3.63, 3.8) is 0 Å². The number of nitrogens with zero attached hydrogens (tertiary/aromatic N) is 3. The van der Waals surface area contributed by atoms with E-state index in [1.165, 1.54) is 6.07 Å². The Hall–Kier alpha value is -2.05. The largest absolute Gasteiger partial charge is 0.417 e. The Morgan fingerprint density at radius 1 is 1.08 bits per heavy atom. The number of anilines is 1. The molecule has 3 unspecified atom stereocenters. The second kappa shape index (κ2) is 6.04. The molecular formula is C18H20F3N3O. The van der Waals surface area contributed by atoms with Crippen molar-refractivity contribution in [3.05, 3.63) is 36.0 Å². The van der Waals surface area contributed by atoms with Gasteiger partial charge in [-0.15, -0.1) is 0 Å². The van der Waals surface area contributed by atoms with Crippen molar-refractivity contribution in [2.24, 2.45) is 17.8 Å².